The second-order valence-corrected chi connectivity index (χ2v) is 8.12. The minimum absolute atomic E-state index is 0.267. The second-order valence-electron chi connectivity index (χ2n) is 8.12. The fourth-order valence-corrected chi connectivity index (χ4v) is 3.72. The van der Waals surface area contributed by atoms with Crippen molar-refractivity contribution in [3.05, 3.63) is 88.6 Å². The van der Waals surface area contributed by atoms with Crippen LogP contribution in [0.3, 0.4) is 0 Å². The van der Waals surface area contributed by atoms with Crippen LogP contribution < -0.4 is 0 Å². The van der Waals surface area contributed by atoms with Gasteiger partial charge in [0.15, 0.2) is 6.29 Å². The molecule has 0 aromatic heterocycles. The van der Waals surface area contributed by atoms with E-state index in [2.05, 4.69) is 45.9 Å². The van der Waals surface area contributed by atoms with Crippen LogP contribution in [0.25, 0.3) is 5.57 Å². The molecule has 0 aliphatic heterocycles. The van der Waals surface area contributed by atoms with E-state index in [1.165, 1.54) is 36.0 Å². The van der Waals surface area contributed by atoms with E-state index in [0.29, 0.717) is 0 Å². The van der Waals surface area contributed by atoms with Gasteiger partial charge >= 0.3 is 0 Å². The number of hydrogen-bond donors (Lipinski definition) is 0. The standard InChI is InChI=1S/C26H32O/c1-20(16-17-25-22(3)13-10-18-26(25,4)5)11-9-12-21(2)24(19-27)23-14-7-6-8-15-23/h6-9,11-12,14-17,19H,10,13,18H2,1-5H3/b12-9+,17-16+,20-11-,24-21+. The summed E-state index contributed by atoms with van der Waals surface area (Å²) in [5.41, 5.74) is 7.12. The number of carbonyl (C=O) groups is 1. The summed E-state index contributed by atoms with van der Waals surface area (Å²) in [4.78, 5) is 11.5. The fraction of sp³-hybridized carbons (Fsp3) is 0.346. The molecule has 1 aliphatic rings. The van der Waals surface area contributed by atoms with E-state index in [1.807, 2.05) is 49.4 Å². The lowest BCUT2D eigenvalue weighted by molar-refractivity contribution is -0.103. The largest absolute Gasteiger partial charge is 0.298 e. The van der Waals surface area contributed by atoms with Crippen LogP contribution in [-0.2, 0) is 4.79 Å². The van der Waals surface area contributed by atoms with Crippen LogP contribution in [0.5, 0.6) is 0 Å². The highest BCUT2D eigenvalue weighted by atomic mass is 16.1. The fourth-order valence-electron chi connectivity index (χ4n) is 3.72. The highest BCUT2D eigenvalue weighted by Crippen LogP contribution is 2.40. The Kier molecular flexibility index (Phi) is 7.36. The number of benzene rings is 1. The number of allylic oxidation sites excluding steroid dienone is 10. The molecule has 27 heavy (non-hydrogen) atoms. The molecule has 0 unspecified atom stereocenters. The van der Waals surface area contributed by atoms with Crippen LogP contribution in [-0.4, -0.2) is 6.29 Å². The summed E-state index contributed by atoms with van der Waals surface area (Å²) in [6.45, 7) is 11.0. The molecule has 0 saturated carbocycles. The first-order valence-corrected chi connectivity index (χ1v) is 9.80. The number of rotatable bonds is 6. The molecular weight excluding hydrogens is 328 g/mol. The molecule has 1 heteroatoms. The molecule has 1 aliphatic carbocycles. The Morgan fingerprint density at radius 3 is 2.41 bits per heavy atom. The average Bonchev–Trinajstić information content (AvgIpc) is 2.62. The van der Waals surface area contributed by atoms with E-state index in [9.17, 15) is 4.79 Å². The minimum atomic E-state index is 0.267. The summed E-state index contributed by atoms with van der Waals surface area (Å²) in [5, 5.41) is 0. The number of aldehydes is 1. The van der Waals surface area contributed by atoms with E-state index in [1.54, 1.807) is 0 Å². The predicted molar refractivity (Wildman–Crippen MR) is 117 cm³/mol. The summed E-state index contributed by atoms with van der Waals surface area (Å²) in [6, 6.07) is 9.79. The lowest BCUT2D eigenvalue weighted by Gasteiger charge is -2.32. The van der Waals surface area contributed by atoms with E-state index in [4.69, 9.17) is 0 Å². The minimum Gasteiger partial charge on any atom is -0.298 e. The van der Waals surface area contributed by atoms with Gasteiger partial charge in [-0.3, -0.25) is 4.79 Å². The van der Waals surface area contributed by atoms with Crippen LogP contribution in [0.15, 0.2) is 83.0 Å². The first kappa shape index (κ1) is 20.9. The Morgan fingerprint density at radius 1 is 1.07 bits per heavy atom. The first-order chi connectivity index (χ1) is 12.8. The van der Waals surface area contributed by atoms with Crippen LogP contribution >= 0.6 is 0 Å². The molecule has 1 nitrogen and oxygen atoms in total. The van der Waals surface area contributed by atoms with E-state index in [-0.39, 0.29) is 5.41 Å². The molecule has 1 aromatic carbocycles. The molecule has 0 radical (unpaired) electrons. The van der Waals surface area contributed by atoms with Gasteiger partial charge in [-0.05, 0) is 62.2 Å². The van der Waals surface area contributed by atoms with Gasteiger partial charge in [0.25, 0.3) is 0 Å². The summed E-state index contributed by atoms with van der Waals surface area (Å²) in [7, 11) is 0. The van der Waals surface area contributed by atoms with Crippen molar-refractivity contribution in [3.8, 4) is 0 Å². The predicted octanol–water partition coefficient (Wildman–Crippen LogP) is 7.24. The lowest BCUT2D eigenvalue weighted by atomic mass is 9.72. The van der Waals surface area contributed by atoms with Crippen molar-refractivity contribution in [2.45, 2.75) is 53.9 Å². The topological polar surface area (TPSA) is 17.1 Å². The van der Waals surface area contributed by atoms with E-state index < -0.39 is 0 Å². The summed E-state index contributed by atoms with van der Waals surface area (Å²) in [5.74, 6) is 0. The monoisotopic (exact) mass is 360 g/mol. The van der Waals surface area contributed by atoms with Crippen molar-refractivity contribution in [2.24, 2.45) is 5.41 Å². The molecule has 0 spiro atoms. The molecule has 0 amide bonds. The van der Waals surface area contributed by atoms with Crippen LogP contribution in [0.2, 0.25) is 0 Å². The van der Waals surface area contributed by atoms with Gasteiger partial charge in [0.05, 0.1) is 0 Å². The van der Waals surface area contributed by atoms with E-state index >= 15 is 0 Å². The maximum absolute atomic E-state index is 11.5. The Bertz CT molecular complexity index is 811. The normalized spacial score (nSPS) is 18.9. The molecule has 1 aromatic rings. The lowest BCUT2D eigenvalue weighted by Crippen LogP contribution is -2.19. The Hall–Kier alpha value is -2.41. The number of carbonyl (C=O) groups excluding carboxylic acids is 1. The van der Waals surface area contributed by atoms with Crippen molar-refractivity contribution < 1.29 is 4.79 Å². The Labute approximate surface area is 164 Å². The third-order valence-corrected chi connectivity index (χ3v) is 5.39. The quantitative estimate of drug-likeness (QED) is 0.297. The molecule has 2 rings (SSSR count). The van der Waals surface area contributed by atoms with Crippen molar-refractivity contribution in [1.82, 2.24) is 0 Å². The third kappa shape index (κ3) is 5.79. The van der Waals surface area contributed by atoms with Gasteiger partial charge in [0.1, 0.15) is 0 Å². The summed E-state index contributed by atoms with van der Waals surface area (Å²) >= 11 is 0. The van der Waals surface area contributed by atoms with Gasteiger partial charge in [0.2, 0.25) is 0 Å². The smallest absolute Gasteiger partial charge is 0.150 e. The summed E-state index contributed by atoms with van der Waals surface area (Å²) in [6.07, 6.45) is 15.3. The van der Waals surface area contributed by atoms with Gasteiger partial charge in [-0.15, -0.1) is 0 Å². The van der Waals surface area contributed by atoms with Gasteiger partial charge < -0.3 is 0 Å². The summed E-state index contributed by atoms with van der Waals surface area (Å²) < 4.78 is 0. The highest BCUT2D eigenvalue weighted by molar-refractivity contribution is 6.08. The number of hydrogen-bond acceptors (Lipinski definition) is 1. The zero-order chi connectivity index (χ0) is 19.9. The van der Waals surface area contributed by atoms with Crippen molar-refractivity contribution in [1.29, 1.82) is 0 Å². The molecule has 0 N–H and O–H groups in total. The average molecular weight is 361 g/mol. The van der Waals surface area contributed by atoms with Gasteiger partial charge in [-0.25, -0.2) is 0 Å². The first-order valence-electron chi connectivity index (χ1n) is 9.80. The maximum atomic E-state index is 11.5. The maximum Gasteiger partial charge on any atom is 0.150 e. The van der Waals surface area contributed by atoms with E-state index in [0.717, 1.165) is 23.0 Å². The molecule has 0 bridgehead atoms. The molecule has 142 valence electrons. The van der Waals surface area contributed by atoms with Crippen LogP contribution in [0, 0.1) is 5.41 Å². The highest BCUT2D eigenvalue weighted by Gasteiger charge is 2.26. The zero-order valence-electron chi connectivity index (χ0n) is 17.4. The van der Waals surface area contributed by atoms with Crippen LogP contribution in [0.1, 0.15) is 59.4 Å². The molecular formula is C26H32O. The van der Waals surface area contributed by atoms with Gasteiger partial charge in [0, 0.05) is 5.57 Å². The van der Waals surface area contributed by atoms with Gasteiger partial charge in [-0.2, -0.15) is 0 Å². The zero-order valence-corrected chi connectivity index (χ0v) is 17.4. The van der Waals surface area contributed by atoms with Crippen LogP contribution in [0.4, 0.5) is 0 Å². The molecule has 0 fully saturated rings. The molecule has 0 heterocycles. The Morgan fingerprint density at radius 2 is 1.78 bits per heavy atom. The molecule has 0 saturated heterocycles. The Balaban J connectivity index is 2.14. The SMILES string of the molecule is CC1=C(/C=C/C(C)=C\C=C\C(C)=C(/C=O)c2ccccc2)C(C)(C)CCC1. The second kappa shape index (κ2) is 9.50. The van der Waals surface area contributed by atoms with Crippen molar-refractivity contribution in [3.63, 3.8) is 0 Å². The van der Waals surface area contributed by atoms with Crippen molar-refractivity contribution in [2.75, 3.05) is 0 Å². The van der Waals surface area contributed by atoms with Gasteiger partial charge in [-0.1, -0.05) is 85.7 Å². The molecule has 0 atom stereocenters. The third-order valence-electron chi connectivity index (χ3n) is 5.39. The van der Waals surface area contributed by atoms with Crippen molar-refractivity contribution >= 4 is 11.9 Å².